The molecule has 0 aromatic heterocycles. The molecule has 0 aromatic rings. The van der Waals surface area contributed by atoms with Crippen molar-refractivity contribution < 1.29 is 19.1 Å². The predicted octanol–water partition coefficient (Wildman–Crippen LogP) is 3.43. The van der Waals surface area contributed by atoms with Gasteiger partial charge >= 0.3 is 5.97 Å². The number of esters is 1. The van der Waals surface area contributed by atoms with Crippen molar-refractivity contribution in [2.24, 2.45) is 5.92 Å². The molecule has 0 spiro atoms. The summed E-state index contributed by atoms with van der Waals surface area (Å²) < 4.78 is 10.3. The molecule has 1 unspecified atom stereocenters. The minimum atomic E-state index is -0.270. The van der Waals surface area contributed by atoms with Crippen LogP contribution in [0.5, 0.6) is 0 Å². The molecule has 118 valence electrons. The maximum absolute atomic E-state index is 11.8. The highest BCUT2D eigenvalue weighted by Crippen LogP contribution is 2.21. The fourth-order valence-corrected chi connectivity index (χ4v) is 2.70. The maximum atomic E-state index is 11.8. The smallest absolute Gasteiger partial charge is 0.302 e. The van der Waals surface area contributed by atoms with Crippen LogP contribution in [0, 0.1) is 5.92 Å². The Morgan fingerprint density at radius 1 is 1.10 bits per heavy atom. The van der Waals surface area contributed by atoms with Gasteiger partial charge in [0.15, 0.2) is 0 Å². The first-order valence-electron chi connectivity index (χ1n) is 7.36. The van der Waals surface area contributed by atoms with Crippen LogP contribution in [0.4, 0.5) is 0 Å². The summed E-state index contributed by atoms with van der Waals surface area (Å²) in [5.74, 6) is 0.322. The highest BCUT2D eigenvalue weighted by Gasteiger charge is 2.14. The monoisotopic (exact) mass is 304 g/mol. The second-order valence-corrected chi connectivity index (χ2v) is 6.62. The Kier molecular flexibility index (Phi) is 11.9. The van der Waals surface area contributed by atoms with Crippen LogP contribution < -0.4 is 0 Å². The Bertz CT molecular complexity index is 279. The summed E-state index contributed by atoms with van der Waals surface area (Å²) in [6.07, 6.45) is 3.65. The van der Waals surface area contributed by atoms with Crippen molar-refractivity contribution in [2.75, 3.05) is 19.8 Å². The zero-order chi connectivity index (χ0) is 15.4. The summed E-state index contributed by atoms with van der Waals surface area (Å²) in [7, 11) is 0. The summed E-state index contributed by atoms with van der Waals surface area (Å²) in [5.41, 5.74) is 0. The summed E-state index contributed by atoms with van der Waals surface area (Å²) in [6, 6.07) is 0. The van der Waals surface area contributed by atoms with Gasteiger partial charge in [-0.15, -0.1) is 0 Å². The molecule has 20 heavy (non-hydrogen) atoms. The molecule has 0 bridgehead atoms. The van der Waals surface area contributed by atoms with Gasteiger partial charge in [-0.2, -0.15) is 0 Å². The van der Waals surface area contributed by atoms with Crippen LogP contribution in [0.3, 0.4) is 0 Å². The highest BCUT2D eigenvalue weighted by molar-refractivity contribution is 8.14. The molecule has 0 radical (unpaired) electrons. The van der Waals surface area contributed by atoms with Crippen LogP contribution in [0.1, 0.15) is 53.4 Å². The fraction of sp³-hybridized carbons (Fsp3) is 0.867. The molecule has 5 heteroatoms. The third-order valence-corrected chi connectivity index (χ3v) is 3.90. The number of ether oxygens (including phenoxy) is 2. The maximum Gasteiger partial charge on any atom is 0.302 e. The van der Waals surface area contributed by atoms with E-state index in [0.29, 0.717) is 19.1 Å². The number of carbonyl (C=O) groups excluding carboxylic acids is 2. The molecule has 0 N–H and O–H groups in total. The Morgan fingerprint density at radius 2 is 1.80 bits per heavy atom. The third kappa shape index (κ3) is 12.5. The molecule has 0 saturated heterocycles. The van der Waals surface area contributed by atoms with Gasteiger partial charge in [0.25, 0.3) is 0 Å². The molecule has 1 atom stereocenters. The topological polar surface area (TPSA) is 52.6 Å². The van der Waals surface area contributed by atoms with Crippen LogP contribution in [-0.4, -0.2) is 36.2 Å². The van der Waals surface area contributed by atoms with Crippen molar-refractivity contribution in [3.63, 3.8) is 0 Å². The normalized spacial score (nSPS) is 12.4. The molecule has 0 saturated carbocycles. The van der Waals surface area contributed by atoms with Gasteiger partial charge in [0.05, 0.1) is 6.61 Å². The summed E-state index contributed by atoms with van der Waals surface area (Å²) in [4.78, 5) is 22.5. The lowest BCUT2D eigenvalue weighted by Crippen LogP contribution is -2.15. The summed E-state index contributed by atoms with van der Waals surface area (Å²) in [5, 5.41) is 0.274. The second kappa shape index (κ2) is 12.2. The van der Waals surface area contributed by atoms with E-state index >= 15 is 0 Å². The van der Waals surface area contributed by atoms with E-state index in [1.807, 2.05) is 0 Å². The number of thioether (sulfide) groups is 1. The van der Waals surface area contributed by atoms with E-state index in [4.69, 9.17) is 9.47 Å². The van der Waals surface area contributed by atoms with Gasteiger partial charge in [-0.25, -0.2) is 0 Å². The van der Waals surface area contributed by atoms with Crippen molar-refractivity contribution in [1.29, 1.82) is 0 Å². The average Bonchev–Trinajstić information content (AvgIpc) is 2.34. The quantitative estimate of drug-likeness (QED) is 0.432. The van der Waals surface area contributed by atoms with Gasteiger partial charge in [0.2, 0.25) is 5.12 Å². The SMILES string of the molecule is CCCC(CCOC(C)=O)SC(=O)COCCC(C)C. The van der Waals surface area contributed by atoms with Gasteiger partial charge < -0.3 is 9.47 Å². The van der Waals surface area contributed by atoms with Crippen LogP contribution in [0.2, 0.25) is 0 Å². The third-order valence-electron chi connectivity index (χ3n) is 2.71. The van der Waals surface area contributed by atoms with Crippen molar-refractivity contribution in [2.45, 2.75) is 58.6 Å². The van der Waals surface area contributed by atoms with E-state index in [-0.39, 0.29) is 22.9 Å². The average molecular weight is 304 g/mol. The van der Waals surface area contributed by atoms with Crippen molar-refractivity contribution >= 4 is 22.8 Å². The Hall–Kier alpha value is -0.550. The number of rotatable bonds is 11. The number of hydrogen-bond acceptors (Lipinski definition) is 5. The molecule has 0 aromatic carbocycles. The molecule has 0 aliphatic rings. The lowest BCUT2D eigenvalue weighted by Gasteiger charge is -2.14. The van der Waals surface area contributed by atoms with Crippen LogP contribution >= 0.6 is 11.8 Å². The van der Waals surface area contributed by atoms with E-state index in [9.17, 15) is 9.59 Å². The first kappa shape index (κ1) is 19.4. The molecule has 0 aliphatic heterocycles. The summed E-state index contributed by atoms with van der Waals surface area (Å²) in [6.45, 7) is 8.94. The van der Waals surface area contributed by atoms with E-state index in [0.717, 1.165) is 25.7 Å². The molecular formula is C15H28O4S. The second-order valence-electron chi connectivity index (χ2n) is 5.26. The minimum absolute atomic E-state index is 0.0648. The van der Waals surface area contributed by atoms with Crippen LogP contribution in [-0.2, 0) is 19.1 Å². The largest absolute Gasteiger partial charge is 0.466 e. The lowest BCUT2D eigenvalue weighted by atomic mass is 10.1. The van der Waals surface area contributed by atoms with Gasteiger partial charge in [-0.1, -0.05) is 39.0 Å². The first-order valence-corrected chi connectivity index (χ1v) is 8.24. The molecule has 4 nitrogen and oxygen atoms in total. The van der Waals surface area contributed by atoms with Crippen molar-refractivity contribution in [1.82, 2.24) is 0 Å². The molecule has 0 amide bonds. The van der Waals surface area contributed by atoms with Crippen molar-refractivity contribution in [3.05, 3.63) is 0 Å². The predicted molar refractivity (Wildman–Crippen MR) is 82.8 cm³/mol. The van der Waals surface area contributed by atoms with E-state index < -0.39 is 0 Å². The van der Waals surface area contributed by atoms with Crippen LogP contribution in [0.15, 0.2) is 0 Å². The van der Waals surface area contributed by atoms with Gasteiger partial charge in [0.1, 0.15) is 6.61 Å². The van der Waals surface area contributed by atoms with Gasteiger partial charge in [0, 0.05) is 18.8 Å². The number of hydrogen-bond donors (Lipinski definition) is 0. The Balaban J connectivity index is 3.85. The summed E-state index contributed by atoms with van der Waals surface area (Å²) >= 11 is 1.32. The minimum Gasteiger partial charge on any atom is -0.466 e. The fourth-order valence-electron chi connectivity index (χ4n) is 1.61. The van der Waals surface area contributed by atoms with Gasteiger partial charge in [-0.05, 0) is 25.2 Å². The highest BCUT2D eigenvalue weighted by atomic mass is 32.2. The zero-order valence-corrected chi connectivity index (χ0v) is 14.0. The van der Waals surface area contributed by atoms with Crippen molar-refractivity contribution in [3.8, 4) is 0 Å². The Labute approximate surface area is 127 Å². The van der Waals surface area contributed by atoms with Gasteiger partial charge in [-0.3, -0.25) is 9.59 Å². The number of carbonyl (C=O) groups is 2. The first-order chi connectivity index (χ1) is 9.45. The lowest BCUT2D eigenvalue weighted by molar-refractivity contribution is -0.141. The zero-order valence-electron chi connectivity index (χ0n) is 13.1. The molecule has 0 aliphatic carbocycles. The van der Waals surface area contributed by atoms with E-state index in [1.54, 1.807) is 0 Å². The standard InChI is InChI=1S/C15H28O4S/c1-5-6-14(8-10-19-13(4)16)20-15(17)11-18-9-7-12(2)3/h12,14H,5-11H2,1-4H3. The van der Waals surface area contributed by atoms with E-state index in [2.05, 4.69) is 20.8 Å². The van der Waals surface area contributed by atoms with E-state index in [1.165, 1.54) is 18.7 Å². The molecule has 0 heterocycles. The molecule has 0 fully saturated rings. The van der Waals surface area contributed by atoms with Crippen LogP contribution in [0.25, 0.3) is 0 Å². The molecular weight excluding hydrogens is 276 g/mol. The Morgan fingerprint density at radius 3 is 2.35 bits per heavy atom. The molecule has 0 rings (SSSR count).